The summed E-state index contributed by atoms with van der Waals surface area (Å²) in [5.41, 5.74) is 1.20. The van der Waals surface area contributed by atoms with E-state index in [1.165, 1.54) is 12.5 Å². The Morgan fingerprint density at radius 1 is 1.22 bits per heavy atom. The van der Waals surface area contributed by atoms with Gasteiger partial charge in [0.15, 0.2) is 0 Å². The highest BCUT2D eigenvalue weighted by molar-refractivity contribution is 14.1. The van der Waals surface area contributed by atoms with Crippen molar-refractivity contribution in [1.29, 1.82) is 0 Å². The van der Waals surface area contributed by atoms with Crippen molar-refractivity contribution in [2.24, 2.45) is 0 Å². The van der Waals surface area contributed by atoms with E-state index in [0.717, 1.165) is 19.4 Å². The van der Waals surface area contributed by atoms with Crippen LogP contribution in [0.4, 0.5) is 0 Å². The fourth-order valence-corrected chi connectivity index (χ4v) is 1.96. The van der Waals surface area contributed by atoms with Crippen molar-refractivity contribution in [3.8, 4) is 0 Å². The third-order valence-corrected chi connectivity index (χ3v) is 3.67. The summed E-state index contributed by atoms with van der Waals surface area (Å²) in [5, 5.41) is 0. The van der Waals surface area contributed by atoms with Crippen molar-refractivity contribution in [2.75, 3.05) is 13.2 Å². The van der Waals surface area contributed by atoms with Crippen LogP contribution in [0.5, 0.6) is 0 Å². The number of ether oxygens (including phenoxy) is 2. The summed E-state index contributed by atoms with van der Waals surface area (Å²) < 4.78 is 11.0. The maximum Gasteiger partial charge on any atom is 0.302 e. The lowest BCUT2D eigenvalue weighted by atomic mass is 10.2. The van der Waals surface area contributed by atoms with Crippen molar-refractivity contribution in [1.82, 2.24) is 0 Å². The molecule has 0 saturated carbocycles. The zero-order valence-electron chi connectivity index (χ0n) is 10.6. The lowest BCUT2D eigenvalue weighted by molar-refractivity contribution is -0.141. The second-order valence-corrected chi connectivity index (χ2v) is 5.81. The molecule has 100 valence electrons. The molecule has 0 aliphatic heterocycles. The van der Waals surface area contributed by atoms with Gasteiger partial charge >= 0.3 is 5.97 Å². The second-order valence-electron chi connectivity index (χ2n) is 4.05. The number of benzene rings is 1. The lowest BCUT2D eigenvalue weighted by Gasteiger charge is -2.10. The van der Waals surface area contributed by atoms with Crippen molar-refractivity contribution in [3.63, 3.8) is 0 Å². The highest BCUT2D eigenvalue weighted by Crippen LogP contribution is 2.11. The van der Waals surface area contributed by atoms with Gasteiger partial charge in [-0.1, -0.05) is 52.9 Å². The standard InChI is InChI=1S/C14H19IO3/c1-12(16)18-10-8-14(15)7-9-17-11-13-5-3-2-4-6-13/h2-6,14H,7-11H2,1H3. The van der Waals surface area contributed by atoms with Gasteiger partial charge in [0.1, 0.15) is 0 Å². The van der Waals surface area contributed by atoms with Crippen LogP contribution in [0.2, 0.25) is 0 Å². The SMILES string of the molecule is CC(=O)OCCC(I)CCOCc1ccccc1. The van der Waals surface area contributed by atoms with Gasteiger partial charge in [0.25, 0.3) is 0 Å². The lowest BCUT2D eigenvalue weighted by Crippen LogP contribution is -2.09. The Hall–Kier alpha value is -0.620. The monoisotopic (exact) mass is 362 g/mol. The molecule has 4 heteroatoms. The van der Waals surface area contributed by atoms with Crippen LogP contribution in [0.1, 0.15) is 25.3 Å². The fraction of sp³-hybridized carbons (Fsp3) is 0.500. The highest BCUT2D eigenvalue weighted by Gasteiger charge is 2.05. The van der Waals surface area contributed by atoms with E-state index in [1.807, 2.05) is 18.2 Å². The summed E-state index contributed by atoms with van der Waals surface area (Å²) in [7, 11) is 0. The molecule has 0 aliphatic rings. The Labute approximate surface area is 122 Å². The third-order valence-electron chi connectivity index (χ3n) is 2.42. The fourth-order valence-electron chi connectivity index (χ4n) is 1.45. The van der Waals surface area contributed by atoms with E-state index in [0.29, 0.717) is 17.1 Å². The molecule has 0 radical (unpaired) electrons. The minimum atomic E-state index is -0.209. The van der Waals surface area contributed by atoms with E-state index >= 15 is 0 Å². The van der Waals surface area contributed by atoms with Gasteiger partial charge in [-0.05, 0) is 18.4 Å². The zero-order valence-corrected chi connectivity index (χ0v) is 12.8. The maximum absolute atomic E-state index is 10.6. The molecule has 0 spiro atoms. The summed E-state index contributed by atoms with van der Waals surface area (Å²) in [6.07, 6.45) is 1.86. The van der Waals surface area contributed by atoms with E-state index in [1.54, 1.807) is 0 Å². The van der Waals surface area contributed by atoms with Gasteiger partial charge in [-0.25, -0.2) is 0 Å². The van der Waals surface area contributed by atoms with Crippen LogP contribution in [0.25, 0.3) is 0 Å². The van der Waals surface area contributed by atoms with Crippen molar-refractivity contribution >= 4 is 28.6 Å². The molecule has 1 aromatic carbocycles. The van der Waals surface area contributed by atoms with Crippen LogP contribution in [0.15, 0.2) is 30.3 Å². The molecule has 0 saturated heterocycles. The first-order chi connectivity index (χ1) is 8.68. The van der Waals surface area contributed by atoms with Gasteiger partial charge in [0.05, 0.1) is 13.2 Å². The van der Waals surface area contributed by atoms with Gasteiger partial charge in [-0.3, -0.25) is 4.79 Å². The van der Waals surface area contributed by atoms with Crippen LogP contribution in [-0.2, 0) is 20.9 Å². The van der Waals surface area contributed by atoms with Crippen LogP contribution in [0, 0.1) is 0 Å². The molecule has 1 atom stereocenters. The molecule has 1 rings (SSSR count). The van der Waals surface area contributed by atoms with Gasteiger partial charge in [-0.2, -0.15) is 0 Å². The molecular formula is C14H19IO3. The third kappa shape index (κ3) is 7.66. The Morgan fingerprint density at radius 2 is 1.89 bits per heavy atom. The van der Waals surface area contributed by atoms with Crippen LogP contribution in [0.3, 0.4) is 0 Å². The van der Waals surface area contributed by atoms with Crippen LogP contribution < -0.4 is 0 Å². The molecular weight excluding hydrogens is 343 g/mol. The van der Waals surface area contributed by atoms with Gasteiger partial charge < -0.3 is 9.47 Å². The predicted molar refractivity (Wildman–Crippen MR) is 79.8 cm³/mol. The quantitative estimate of drug-likeness (QED) is 0.308. The Kier molecular flexibility index (Phi) is 8.00. The normalized spacial score (nSPS) is 12.1. The molecule has 0 aromatic heterocycles. The summed E-state index contributed by atoms with van der Waals surface area (Å²) in [5.74, 6) is -0.209. The summed E-state index contributed by atoms with van der Waals surface area (Å²) >= 11 is 2.37. The largest absolute Gasteiger partial charge is 0.466 e. The number of alkyl halides is 1. The summed E-state index contributed by atoms with van der Waals surface area (Å²) in [4.78, 5) is 10.6. The Balaban J connectivity index is 2.02. The molecule has 0 amide bonds. The molecule has 0 fully saturated rings. The van der Waals surface area contributed by atoms with E-state index in [-0.39, 0.29) is 5.97 Å². The average Bonchev–Trinajstić information content (AvgIpc) is 2.35. The number of carbonyl (C=O) groups is 1. The first kappa shape index (κ1) is 15.4. The Morgan fingerprint density at radius 3 is 2.56 bits per heavy atom. The molecule has 0 heterocycles. The van der Waals surface area contributed by atoms with Crippen LogP contribution >= 0.6 is 22.6 Å². The number of hydrogen-bond acceptors (Lipinski definition) is 3. The average molecular weight is 362 g/mol. The minimum absolute atomic E-state index is 0.209. The number of carbonyl (C=O) groups excluding carboxylic acids is 1. The Bertz CT molecular complexity index is 340. The first-order valence-electron chi connectivity index (χ1n) is 6.07. The van der Waals surface area contributed by atoms with Crippen molar-refractivity contribution in [2.45, 2.75) is 30.3 Å². The second kappa shape index (κ2) is 9.33. The molecule has 0 bridgehead atoms. The first-order valence-corrected chi connectivity index (χ1v) is 7.32. The maximum atomic E-state index is 10.6. The highest BCUT2D eigenvalue weighted by atomic mass is 127. The molecule has 3 nitrogen and oxygen atoms in total. The number of rotatable bonds is 8. The van der Waals surface area contributed by atoms with Crippen LogP contribution in [-0.4, -0.2) is 23.1 Å². The zero-order chi connectivity index (χ0) is 13.2. The van der Waals surface area contributed by atoms with E-state index in [9.17, 15) is 4.79 Å². The van der Waals surface area contributed by atoms with E-state index in [2.05, 4.69) is 34.7 Å². The number of esters is 1. The molecule has 0 N–H and O–H groups in total. The van der Waals surface area contributed by atoms with E-state index in [4.69, 9.17) is 9.47 Å². The van der Waals surface area contributed by atoms with Gasteiger partial charge in [0, 0.05) is 17.5 Å². The number of halogens is 1. The molecule has 1 aromatic rings. The number of hydrogen-bond donors (Lipinski definition) is 0. The molecule has 0 aliphatic carbocycles. The van der Waals surface area contributed by atoms with Gasteiger partial charge in [-0.15, -0.1) is 0 Å². The molecule has 18 heavy (non-hydrogen) atoms. The smallest absolute Gasteiger partial charge is 0.302 e. The summed E-state index contributed by atoms with van der Waals surface area (Å²) in [6.45, 7) is 3.34. The molecule has 1 unspecified atom stereocenters. The van der Waals surface area contributed by atoms with Gasteiger partial charge in [0.2, 0.25) is 0 Å². The van der Waals surface area contributed by atoms with E-state index < -0.39 is 0 Å². The topological polar surface area (TPSA) is 35.5 Å². The summed E-state index contributed by atoms with van der Waals surface area (Å²) in [6, 6.07) is 10.1. The van der Waals surface area contributed by atoms with Crippen molar-refractivity contribution < 1.29 is 14.3 Å². The van der Waals surface area contributed by atoms with Crippen molar-refractivity contribution in [3.05, 3.63) is 35.9 Å². The predicted octanol–water partition coefficient (Wildman–Crippen LogP) is 3.35. The minimum Gasteiger partial charge on any atom is -0.466 e.